The summed E-state index contributed by atoms with van der Waals surface area (Å²) in [6, 6.07) is 6.31. The molecule has 0 fully saturated rings. The molecule has 0 aliphatic heterocycles. The van der Waals surface area contributed by atoms with Crippen LogP contribution in [-0.4, -0.2) is 7.98 Å². The van der Waals surface area contributed by atoms with Gasteiger partial charge in [0, 0.05) is 6.92 Å². The van der Waals surface area contributed by atoms with Crippen molar-refractivity contribution in [3.63, 3.8) is 0 Å². The average molecular weight is 107 g/mol. The van der Waals surface area contributed by atoms with Crippen molar-refractivity contribution in [3.8, 4) is 0 Å². The summed E-state index contributed by atoms with van der Waals surface area (Å²) in [5.74, 6) is 0. The van der Waals surface area contributed by atoms with Crippen molar-refractivity contribution >= 4 is 7.98 Å². The van der Waals surface area contributed by atoms with Crippen LogP contribution in [0.3, 0.4) is 0 Å². The molecule has 0 spiro atoms. The van der Waals surface area contributed by atoms with Crippen LogP contribution in [-0.2, 0) is 0 Å². The molecule has 1 heterocycles. The van der Waals surface area contributed by atoms with E-state index in [4.69, 9.17) is 0 Å². The van der Waals surface area contributed by atoms with Crippen LogP contribution in [0.1, 0.15) is 5.69 Å². The van der Waals surface area contributed by atoms with Crippen LogP contribution in [0.25, 0.3) is 0 Å². The molecule has 0 bridgehead atoms. The first-order valence-electron chi connectivity index (χ1n) is 2.27. The second-order valence-electron chi connectivity index (χ2n) is 1.47. The van der Waals surface area contributed by atoms with Gasteiger partial charge < -0.3 is 4.48 Å². The summed E-state index contributed by atoms with van der Waals surface area (Å²) in [7, 11) is 0.337. The summed E-state index contributed by atoms with van der Waals surface area (Å²) in [4.78, 5) is 0. The van der Waals surface area contributed by atoms with Gasteiger partial charge >= 0.3 is 0 Å². The molecule has 0 N–H and O–H groups in total. The molecule has 0 amide bonds. The number of nitrogens with zero attached hydrogens (tertiary/aromatic N) is 1. The number of hydrogen-bond acceptors (Lipinski definition) is 0. The van der Waals surface area contributed by atoms with Crippen LogP contribution in [0, 0.1) is 6.92 Å². The van der Waals surface area contributed by atoms with Crippen molar-refractivity contribution in [2.45, 2.75) is 6.92 Å². The third kappa shape index (κ3) is 0.888. The van der Waals surface area contributed by atoms with Crippen LogP contribution in [0.5, 0.6) is 0 Å². The first-order valence-corrected chi connectivity index (χ1v) is 2.27. The highest BCUT2D eigenvalue weighted by atomic mass is 14.8. The van der Waals surface area contributed by atoms with Crippen molar-refractivity contribution in [3.05, 3.63) is 30.1 Å². The Labute approximate surface area is 50.4 Å². The standard InChI is InChI=1S/C6H10BN/c1-6-4-2-3-5-8(6)7/h2-5H,1,7H3. The predicted octanol–water partition coefficient (Wildman–Crippen LogP) is -0.589. The smallest absolute Gasteiger partial charge is 0.239 e. The zero-order chi connectivity index (χ0) is 5.98. The Bertz CT molecular complexity index is 165. The maximum Gasteiger partial charge on any atom is 0.239 e. The normalized spacial score (nSPS) is 9.25. The molecule has 0 saturated carbocycles. The summed E-state index contributed by atoms with van der Waals surface area (Å²) in [5.41, 5.74) is 1.40. The van der Waals surface area contributed by atoms with Crippen LogP contribution < -0.4 is 4.48 Å². The molecule has 42 valence electrons. The molecule has 1 rings (SSSR count). The Balaban J connectivity index is 3.13. The summed E-state index contributed by atoms with van der Waals surface area (Å²) in [5, 5.41) is 0. The zero-order valence-electron chi connectivity index (χ0n) is 4.26. The van der Waals surface area contributed by atoms with E-state index in [1.165, 1.54) is 5.69 Å². The van der Waals surface area contributed by atoms with E-state index in [0.717, 1.165) is 0 Å². The highest BCUT2D eigenvalue weighted by Crippen LogP contribution is 1.83. The van der Waals surface area contributed by atoms with Gasteiger partial charge in [0.15, 0.2) is 0 Å². The van der Waals surface area contributed by atoms with E-state index in [1.54, 1.807) is 0 Å². The minimum Gasteiger partial charge on any atom is -0.432 e. The first-order chi connectivity index (χ1) is 3.80. The number of aryl methyl sites for hydroxylation is 1. The van der Waals surface area contributed by atoms with Gasteiger partial charge in [0.05, 0.1) is 0 Å². The van der Waals surface area contributed by atoms with Crippen molar-refractivity contribution in [2.24, 2.45) is 0 Å². The van der Waals surface area contributed by atoms with E-state index in [1.807, 2.05) is 0 Å². The molecule has 0 unspecified atom stereocenters. The van der Waals surface area contributed by atoms with E-state index >= 15 is 0 Å². The SMILES string of the molecule is [BH3-][n+]1ccccc1C. The van der Waals surface area contributed by atoms with E-state index in [2.05, 4.69) is 35.8 Å². The average Bonchev–Trinajstić information content (AvgIpc) is 1.77. The Morgan fingerprint density at radius 1 is 1.50 bits per heavy atom. The van der Waals surface area contributed by atoms with Gasteiger partial charge in [0.25, 0.3) is 0 Å². The van der Waals surface area contributed by atoms with Crippen LogP contribution in [0.4, 0.5) is 0 Å². The van der Waals surface area contributed by atoms with Crippen LogP contribution >= 0.6 is 0 Å². The van der Waals surface area contributed by atoms with Gasteiger partial charge in [-0.3, -0.25) is 0 Å². The number of pyridine rings is 1. The van der Waals surface area contributed by atoms with Crippen LogP contribution in [0.2, 0.25) is 0 Å². The fourth-order valence-corrected chi connectivity index (χ4v) is 0.448. The topological polar surface area (TPSA) is 3.88 Å². The molecule has 1 aromatic rings. The molecule has 0 atom stereocenters. The number of rotatable bonds is 0. The van der Waals surface area contributed by atoms with Crippen molar-refractivity contribution in [2.75, 3.05) is 0 Å². The van der Waals surface area contributed by atoms with Crippen molar-refractivity contribution in [1.29, 1.82) is 0 Å². The Kier molecular flexibility index (Phi) is 1.33. The Hall–Kier alpha value is -0.785. The minimum atomic E-state index is 0.337. The number of hydrogen-bond donors (Lipinski definition) is 0. The van der Waals surface area contributed by atoms with Gasteiger partial charge in [0.2, 0.25) is 7.98 Å². The van der Waals surface area contributed by atoms with Crippen molar-refractivity contribution in [1.82, 2.24) is 0 Å². The molecule has 0 aromatic carbocycles. The second-order valence-corrected chi connectivity index (χ2v) is 1.47. The lowest BCUT2D eigenvalue weighted by atomic mass is 10.3. The maximum atomic E-state index is 2.33. The molecule has 0 radical (unpaired) electrons. The molecule has 1 nitrogen and oxygen atoms in total. The van der Waals surface area contributed by atoms with Gasteiger partial charge in [-0.25, -0.2) is 0 Å². The highest BCUT2D eigenvalue weighted by Gasteiger charge is 1.85. The molecule has 2 heteroatoms. The maximum absolute atomic E-state index is 2.33. The monoisotopic (exact) mass is 107 g/mol. The lowest BCUT2D eigenvalue weighted by Gasteiger charge is -1.95. The molecular formula is C6H10BN. The number of aromatic nitrogens is 1. The van der Waals surface area contributed by atoms with E-state index in [-0.39, 0.29) is 0 Å². The molecular weight excluding hydrogens is 96.9 g/mol. The third-order valence-electron chi connectivity index (χ3n) is 0.813. The van der Waals surface area contributed by atoms with Crippen LogP contribution in [0.15, 0.2) is 24.4 Å². The second kappa shape index (κ2) is 1.99. The molecule has 0 aliphatic rings. The zero-order valence-corrected chi connectivity index (χ0v) is 4.26. The van der Waals surface area contributed by atoms with Gasteiger partial charge in [-0.1, -0.05) is 6.07 Å². The fraction of sp³-hybridized carbons (Fsp3) is 0.167. The predicted molar refractivity (Wildman–Crippen MR) is 36.7 cm³/mol. The summed E-state index contributed by atoms with van der Waals surface area (Å²) >= 11 is 0. The summed E-state index contributed by atoms with van der Waals surface area (Å²) < 4.78 is 2.33. The van der Waals surface area contributed by atoms with E-state index in [0.29, 0.717) is 7.98 Å². The Morgan fingerprint density at radius 3 is 2.62 bits per heavy atom. The van der Waals surface area contributed by atoms with E-state index < -0.39 is 0 Å². The minimum absolute atomic E-state index is 0.337. The molecule has 8 heavy (non-hydrogen) atoms. The fourth-order valence-electron chi connectivity index (χ4n) is 0.448. The molecule has 1 aromatic heterocycles. The van der Waals surface area contributed by atoms with Gasteiger partial charge in [0.1, 0.15) is 11.9 Å². The van der Waals surface area contributed by atoms with Gasteiger partial charge in [-0.15, -0.1) is 0 Å². The van der Waals surface area contributed by atoms with Crippen molar-refractivity contribution < 1.29 is 4.48 Å². The third-order valence-corrected chi connectivity index (χ3v) is 0.813. The first kappa shape index (κ1) is 5.35. The largest absolute Gasteiger partial charge is 0.432 e. The highest BCUT2D eigenvalue weighted by molar-refractivity contribution is 5.94. The summed E-state index contributed by atoms with van der Waals surface area (Å²) in [6.07, 6.45) is 2.15. The summed E-state index contributed by atoms with van der Waals surface area (Å²) in [6.45, 7) is 2.15. The lowest BCUT2D eigenvalue weighted by molar-refractivity contribution is -0.529. The molecule has 0 saturated heterocycles. The van der Waals surface area contributed by atoms with Gasteiger partial charge in [-0.05, 0) is 12.1 Å². The Morgan fingerprint density at radius 2 is 2.25 bits per heavy atom. The van der Waals surface area contributed by atoms with Gasteiger partial charge in [-0.2, -0.15) is 0 Å². The molecule has 0 aliphatic carbocycles. The quantitative estimate of drug-likeness (QED) is 0.390. The lowest BCUT2D eigenvalue weighted by Crippen LogP contribution is -2.33. The van der Waals surface area contributed by atoms with E-state index in [9.17, 15) is 0 Å².